The minimum absolute atomic E-state index is 0.0150. The maximum Gasteiger partial charge on any atom is 0.343 e. The molecule has 3 aromatic rings. The molecule has 188 valence electrons. The Bertz CT molecular complexity index is 1460. The number of carbonyl (C=O) groups is 3. The van der Waals surface area contributed by atoms with Crippen LogP contribution in [0.25, 0.3) is 6.08 Å². The summed E-state index contributed by atoms with van der Waals surface area (Å²) in [5, 5.41) is -0.0639. The maximum atomic E-state index is 13.1. The van der Waals surface area contributed by atoms with Crippen molar-refractivity contribution >= 4 is 62.5 Å². The zero-order chi connectivity index (χ0) is 26.1. The molecule has 0 aliphatic carbocycles. The third-order valence-electron chi connectivity index (χ3n) is 5.50. The van der Waals surface area contributed by atoms with Crippen molar-refractivity contribution in [3.8, 4) is 23.0 Å². The standard InChI is InChI=1S/C26H17BrClNO7S/c1-33-21-8-14(7-17(27)23(21)36-25(31)15-5-3-2-4-6-15)9-22-24(30)29(26(32)37-22)12-16-10-19-20(11-18(16)28)35-13-34-19/h2-11H,12-13H2,1H3/b22-9-. The van der Waals surface area contributed by atoms with E-state index in [-0.39, 0.29) is 29.7 Å². The molecule has 0 unspecified atom stereocenters. The number of thioether (sulfide) groups is 1. The molecule has 1 fully saturated rings. The van der Waals surface area contributed by atoms with Crippen LogP contribution in [-0.4, -0.2) is 35.9 Å². The lowest BCUT2D eigenvalue weighted by Gasteiger charge is -2.14. The molecule has 0 saturated carbocycles. The molecule has 2 aliphatic heterocycles. The number of amides is 2. The summed E-state index contributed by atoms with van der Waals surface area (Å²) in [6, 6.07) is 15.1. The van der Waals surface area contributed by atoms with Crippen LogP contribution in [0.15, 0.2) is 64.0 Å². The summed E-state index contributed by atoms with van der Waals surface area (Å²) in [6.07, 6.45) is 1.57. The summed E-state index contributed by atoms with van der Waals surface area (Å²) in [7, 11) is 1.44. The zero-order valence-electron chi connectivity index (χ0n) is 19.2. The number of nitrogens with zero attached hydrogens (tertiary/aromatic N) is 1. The van der Waals surface area contributed by atoms with Crippen molar-refractivity contribution in [2.45, 2.75) is 6.54 Å². The van der Waals surface area contributed by atoms with Crippen molar-refractivity contribution < 1.29 is 33.3 Å². The van der Waals surface area contributed by atoms with Crippen LogP contribution in [-0.2, 0) is 11.3 Å². The van der Waals surface area contributed by atoms with Crippen molar-refractivity contribution in [3.05, 3.63) is 85.7 Å². The molecule has 1 saturated heterocycles. The molecule has 2 aliphatic rings. The van der Waals surface area contributed by atoms with E-state index < -0.39 is 17.1 Å². The Labute approximate surface area is 229 Å². The molecule has 2 heterocycles. The minimum atomic E-state index is -0.546. The number of esters is 1. The van der Waals surface area contributed by atoms with Crippen LogP contribution in [0.3, 0.4) is 0 Å². The van der Waals surface area contributed by atoms with Gasteiger partial charge in [0.05, 0.1) is 28.6 Å². The lowest BCUT2D eigenvalue weighted by Crippen LogP contribution is -2.27. The molecule has 0 radical (unpaired) electrons. The second kappa shape index (κ2) is 10.5. The SMILES string of the molecule is COc1cc(/C=C2\SC(=O)N(Cc3cc4c(cc3Cl)OCO4)C2=O)cc(Br)c1OC(=O)c1ccccc1. The third-order valence-corrected chi connectivity index (χ3v) is 7.35. The summed E-state index contributed by atoms with van der Waals surface area (Å²) in [5.74, 6) is 0.483. The Morgan fingerprint density at radius 1 is 1.14 bits per heavy atom. The van der Waals surface area contributed by atoms with Gasteiger partial charge in [0.15, 0.2) is 23.0 Å². The highest BCUT2D eigenvalue weighted by Crippen LogP contribution is 2.41. The molecule has 3 aromatic carbocycles. The van der Waals surface area contributed by atoms with Crippen molar-refractivity contribution in [3.63, 3.8) is 0 Å². The number of hydrogen-bond donors (Lipinski definition) is 0. The number of hydrogen-bond acceptors (Lipinski definition) is 8. The number of carbonyl (C=O) groups excluding carboxylic acids is 3. The Hall–Kier alpha value is -3.47. The van der Waals surface area contributed by atoms with E-state index in [2.05, 4.69) is 15.9 Å². The van der Waals surface area contributed by atoms with Gasteiger partial charge in [-0.1, -0.05) is 29.8 Å². The normalized spacial score (nSPS) is 15.4. The molecule has 0 N–H and O–H groups in total. The molecule has 2 amide bonds. The molecule has 0 atom stereocenters. The van der Waals surface area contributed by atoms with Gasteiger partial charge in [0.25, 0.3) is 11.1 Å². The monoisotopic (exact) mass is 601 g/mol. The van der Waals surface area contributed by atoms with E-state index in [0.29, 0.717) is 37.7 Å². The predicted molar refractivity (Wildman–Crippen MR) is 141 cm³/mol. The van der Waals surface area contributed by atoms with E-state index in [1.165, 1.54) is 7.11 Å². The van der Waals surface area contributed by atoms with Gasteiger partial charge in [-0.2, -0.15) is 0 Å². The molecule has 11 heteroatoms. The lowest BCUT2D eigenvalue weighted by atomic mass is 10.1. The summed E-state index contributed by atoms with van der Waals surface area (Å²) in [5.41, 5.74) is 1.51. The number of benzene rings is 3. The lowest BCUT2D eigenvalue weighted by molar-refractivity contribution is -0.123. The van der Waals surface area contributed by atoms with Gasteiger partial charge in [-0.15, -0.1) is 0 Å². The van der Waals surface area contributed by atoms with Gasteiger partial charge in [0.1, 0.15) is 0 Å². The van der Waals surface area contributed by atoms with Gasteiger partial charge >= 0.3 is 5.97 Å². The van der Waals surface area contributed by atoms with Crippen molar-refractivity contribution in [1.29, 1.82) is 0 Å². The average molecular weight is 603 g/mol. The van der Waals surface area contributed by atoms with E-state index in [9.17, 15) is 14.4 Å². The Morgan fingerprint density at radius 2 is 1.86 bits per heavy atom. The van der Waals surface area contributed by atoms with E-state index in [1.807, 2.05) is 0 Å². The fourth-order valence-corrected chi connectivity index (χ4v) is 5.28. The molecule has 37 heavy (non-hydrogen) atoms. The first-order chi connectivity index (χ1) is 17.8. The predicted octanol–water partition coefficient (Wildman–Crippen LogP) is 6.30. The first-order valence-electron chi connectivity index (χ1n) is 10.8. The first kappa shape index (κ1) is 25.2. The molecule has 5 rings (SSSR count). The second-order valence-electron chi connectivity index (χ2n) is 7.85. The summed E-state index contributed by atoms with van der Waals surface area (Å²) < 4.78 is 22.1. The summed E-state index contributed by atoms with van der Waals surface area (Å²) >= 11 is 10.6. The Balaban J connectivity index is 1.37. The van der Waals surface area contributed by atoms with Gasteiger partial charge in [-0.05, 0) is 75.2 Å². The number of rotatable bonds is 6. The molecular formula is C26H17BrClNO7S. The van der Waals surface area contributed by atoms with E-state index in [4.69, 9.17) is 30.5 Å². The minimum Gasteiger partial charge on any atom is -0.493 e. The van der Waals surface area contributed by atoms with Crippen LogP contribution in [0.1, 0.15) is 21.5 Å². The molecule has 0 bridgehead atoms. The van der Waals surface area contributed by atoms with Gasteiger partial charge in [-0.3, -0.25) is 14.5 Å². The number of fused-ring (bicyclic) bond motifs is 1. The van der Waals surface area contributed by atoms with Crippen molar-refractivity contribution in [1.82, 2.24) is 4.90 Å². The average Bonchev–Trinajstić information content (AvgIpc) is 3.44. The summed E-state index contributed by atoms with van der Waals surface area (Å²) in [4.78, 5) is 39.6. The second-order valence-corrected chi connectivity index (χ2v) is 10.1. The largest absolute Gasteiger partial charge is 0.493 e. The highest BCUT2D eigenvalue weighted by molar-refractivity contribution is 9.10. The number of ether oxygens (including phenoxy) is 4. The van der Waals surface area contributed by atoms with Crippen LogP contribution >= 0.6 is 39.3 Å². The quantitative estimate of drug-likeness (QED) is 0.185. The van der Waals surface area contributed by atoms with Crippen LogP contribution in [0.5, 0.6) is 23.0 Å². The highest BCUT2D eigenvalue weighted by Gasteiger charge is 2.36. The van der Waals surface area contributed by atoms with Crippen LogP contribution < -0.4 is 18.9 Å². The molecule has 0 spiro atoms. The van der Waals surface area contributed by atoms with Crippen molar-refractivity contribution in [2.24, 2.45) is 0 Å². The van der Waals surface area contributed by atoms with Gasteiger partial charge < -0.3 is 18.9 Å². The molecule has 0 aromatic heterocycles. The number of halogens is 2. The van der Waals surface area contributed by atoms with Crippen LogP contribution in [0, 0.1) is 0 Å². The van der Waals surface area contributed by atoms with Gasteiger partial charge in [0, 0.05) is 11.1 Å². The highest BCUT2D eigenvalue weighted by atomic mass is 79.9. The molecule has 8 nitrogen and oxygen atoms in total. The number of imide groups is 1. The van der Waals surface area contributed by atoms with Crippen LogP contribution in [0.2, 0.25) is 5.02 Å². The van der Waals surface area contributed by atoms with Gasteiger partial charge in [0.2, 0.25) is 6.79 Å². The van der Waals surface area contributed by atoms with Crippen molar-refractivity contribution in [2.75, 3.05) is 13.9 Å². The topological polar surface area (TPSA) is 91.4 Å². The van der Waals surface area contributed by atoms with E-state index >= 15 is 0 Å². The fraction of sp³-hybridized carbons (Fsp3) is 0.115. The summed E-state index contributed by atoms with van der Waals surface area (Å²) in [6.45, 7) is 0.0710. The fourth-order valence-electron chi connectivity index (χ4n) is 3.69. The van der Waals surface area contributed by atoms with E-state index in [1.54, 1.807) is 60.7 Å². The van der Waals surface area contributed by atoms with Gasteiger partial charge in [-0.25, -0.2) is 4.79 Å². The molecular weight excluding hydrogens is 586 g/mol. The Morgan fingerprint density at radius 3 is 2.59 bits per heavy atom. The Kier molecular flexibility index (Phi) is 7.14. The third kappa shape index (κ3) is 5.18. The van der Waals surface area contributed by atoms with E-state index in [0.717, 1.165) is 16.7 Å². The smallest absolute Gasteiger partial charge is 0.343 e. The van der Waals surface area contributed by atoms with Crippen LogP contribution in [0.4, 0.5) is 4.79 Å². The zero-order valence-corrected chi connectivity index (χ0v) is 22.3. The number of methoxy groups -OCH3 is 1. The maximum absolute atomic E-state index is 13.1. The first-order valence-corrected chi connectivity index (χ1v) is 12.8.